The molecule has 0 N–H and O–H groups in total. The maximum atomic E-state index is 6.29. The van der Waals surface area contributed by atoms with Crippen LogP contribution in [-0.2, 0) is 4.74 Å². The van der Waals surface area contributed by atoms with Crippen molar-refractivity contribution in [3.05, 3.63) is 16.5 Å². The molecular formula is C15H22ClN3O. The van der Waals surface area contributed by atoms with Gasteiger partial charge < -0.3 is 9.64 Å². The number of ether oxygens (including phenoxy) is 1. The minimum atomic E-state index is 0.400. The van der Waals surface area contributed by atoms with Crippen molar-refractivity contribution >= 4 is 17.4 Å². The second-order valence-electron chi connectivity index (χ2n) is 5.74. The van der Waals surface area contributed by atoms with Crippen LogP contribution in [0.15, 0.2) is 0 Å². The molecule has 5 heteroatoms. The van der Waals surface area contributed by atoms with Crippen LogP contribution >= 0.6 is 11.6 Å². The van der Waals surface area contributed by atoms with Crippen LogP contribution in [0, 0.1) is 6.92 Å². The zero-order valence-electron chi connectivity index (χ0n) is 12.2. The summed E-state index contributed by atoms with van der Waals surface area (Å²) in [7, 11) is 0. The van der Waals surface area contributed by atoms with E-state index in [1.54, 1.807) is 0 Å². The first-order chi connectivity index (χ1) is 9.69. The normalized spacial score (nSPS) is 20.4. The molecule has 0 spiro atoms. The Morgan fingerprint density at radius 1 is 1.20 bits per heavy atom. The lowest BCUT2D eigenvalue weighted by molar-refractivity contribution is 0.0458. The summed E-state index contributed by atoms with van der Waals surface area (Å²) in [5, 5.41) is 0.615. The van der Waals surface area contributed by atoms with E-state index < -0.39 is 0 Å². The minimum absolute atomic E-state index is 0.400. The Morgan fingerprint density at radius 2 is 1.90 bits per heavy atom. The predicted molar refractivity (Wildman–Crippen MR) is 80.6 cm³/mol. The zero-order valence-corrected chi connectivity index (χ0v) is 13.0. The van der Waals surface area contributed by atoms with Gasteiger partial charge in [-0.25, -0.2) is 9.97 Å². The molecule has 2 heterocycles. The Balaban J connectivity index is 1.76. The standard InChI is InChI=1S/C15H22ClN3O/c1-3-20-12-6-8-19(9-7-12)15-10(2)13(16)17-14(18-15)11-4-5-11/h11-12H,3-9H2,1-2H3. The van der Waals surface area contributed by atoms with E-state index >= 15 is 0 Å². The third kappa shape index (κ3) is 2.91. The predicted octanol–water partition coefficient (Wildman–Crippen LogP) is 3.32. The van der Waals surface area contributed by atoms with Crippen LogP contribution in [0.25, 0.3) is 0 Å². The molecule has 2 aliphatic rings. The molecule has 0 amide bonds. The molecule has 0 unspecified atom stereocenters. The van der Waals surface area contributed by atoms with Crippen LogP contribution in [-0.4, -0.2) is 35.8 Å². The van der Waals surface area contributed by atoms with E-state index in [-0.39, 0.29) is 0 Å². The van der Waals surface area contributed by atoms with E-state index in [0.717, 1.165) is 49.7 Å². The van der Waals surface area contributed by atoms with Crippen molar-refractivity contribution < 1.29 is 4.74 Å². The van der Waals surface area contributed by atoms with Gasteiger partial charge in [-0.05, 0) is 39.5 Å². The van der Waals surface area contributed by atoms with E-state index in [2.05, 4.69) is 16.8 Å². The molecule has 1 saturated heterocycles. The number of halogens is 1. The highest BCUT2D eigenvalue weighted by molar-refractivity contribution is 6.30. The number of nitrogens with zero attached hydrogens (tertiary/aromatic N) is 3. The van der Waals surface area contributed by atoms with Crippen LogP contribution in [0.3, 0.4) is 0 Å². The Kier molecular flexibility index (Phi) is 4.13. The highest BCUT2D eigenvalue weighted by Gasteiger charge is 2.29. The molecule has 0 radical (unpaired) electrons. The number of anilines is 1. The molecule has 2 fully saturated rings. The Hall–Kier alpha value is -0.870. The molecule has 0 atom stereocenters. The summed E-state index contributed by atoms with van der Waals surface area (Å²) in [6.07, 6.45) is 4.93. The molecule has 1 aromatic heterocycles. The van der Waals surface area contributed by atoms with Crippen molar-refractivity contribution in [2.24, 2.45) is 0 Å². The monoisotopic (exact) mass is 295 g/mol. The summed E-state index contributed by atoms with van der Waals surface area (Å²) < 4.78 is 5.71. The Bertz CT molecular complexity index is 482. The van der Waals surface area contributed by atoms with Crippen LogP contribution in [0.4, 0.5) is 5.82 Å². The molecule has 0 bridgehead atoms. The summed E-state index contributed by atoms with van der Waals surface area (Å²) in [6.45, 7) is 6.85. The van der Waals surface area contributed by atoms with Gasteiger partial charge in [-0.3, -0.25) is 0 Å². The van der Waals surface area contributed by atoms with E-state index in [9.17, 15) is 0 Å². The van der Waals surface area contributed by atoms with Gasteiger partial charge in [0.05, 0.1) is 6.10 Å². The number of hydrogen-bond acceptors (Lipinski definition) is 4. The zero-order chi connectivity index (χ0) is 14.1. The molecule has 110 valence electrons. The van der Waals surface area contributed by atoms with Gasteiger partial charge in [0.1, 0.15) is 16.8 Å². The lowest BCUT2D eigenvalue weighted by Crippen LogP contribution is -2.38. The number of hydrogen-bond donors (Lipinski definition) is 0. The minimum Gasteiger partial charge on any atom is -0.378 e. The van der Waals surface area contributed by atoms with Crippen molar-refractivity contribution in [3.8, 4) is 0 Å². The molecular weight excluding hydrogens is 274 g/mol. The van der Waals surface area contributed by atoms with Crippen LogP contribution < -0.4 is 4.90 Å². The first-order valence-corrected chi connectivity index (χ1v) is 7.97. The van der Waals surface area contributed by atoms with Gasteiger partial charge in [-0.1, -0.05) is 11.6 Å². The van der Waals surface area contributed by atoms with Gasteiger partial charge in [0.15, 0.2) is 0 Å². The van der Waals surface area contributed by atoms with E-state index in [1.165, 1.54) is 12.8 Å². The summed E-state index contributed by atoms with van der Waals surface area (Å²) in [5.41, 5.74) is 1.01. The average Bonchev–Trinajstić information content (AvgIpc) is 3.28. The lowest BCUT2D eigenvalue weighted by Gasteiger charge is -2.33. The van der Waals surface area contributed by atoms with Gasteiger partial charge in [0.2, 0.25) is 0 Å². The first-order valence-electron chi connectivity index (χ1n) is 7.59. The largest absolute Gasteiger partial charge is 0.378 e. The fourth-order valence-corrected chi connectivity index (χ4v) is 2.97. The summed E-state index contributed by atoms with van der Waals surface area (Å²) in [6, 6.07) is 0. The quantitative estimate of drug-likeness (QED) is 0.799. The first kappa shape index (κ1) is 14.1. The van der Waals surface area contributed by atoms with Crippen molar-refractivity contribution in [3.63, 3.8) is 0 Å². The summed E-state index contributed by atoms with van der Waals surface area (Å²) in [5.74, 6) is 2.50. The molecule has 1 saturated carbocycles. The molecule has 3 rings (SSSR count). The third-order valence-electron chi connectivity index (χ3n) is 4.16. The lowest BCUT2D eigenvalue weighted by atomic mass is 10.1. The average molecular weight is 296 g/mol. The summed E-state index contributed by atoms with van der Waals surface area (Å²) in [4.78, 5) is 11.6. The molecule has 20 heavy (non-hydrogen) atoms. The Morgan fingerprint density at radius 3 is 2.50 bits per heavy atom. The summed E-state index contributed by atoms with van der Waals surface area (Å²) >= 11 is 6.29. The second kappa shape index (κ2) is 5.86. The van der Waals surface area contributed by atoms with Crippen LogP contribution in [0.2, 0.25) is 5.15 Å². The number of aromatic nitrogens is 2. The van der Waals surface area contributed by atoms with Crippen LogP contribution in [0.1, 0.15) is 49.9 Å². The van der Waals surface area contributed by atoms with Gasteiger partial charge in [0, 0.05) is 31.2 Å². The van der Waals surface area contributed by atoms with Gasteiger partial charge in [-0.2, -0.15) is 0 Å². The molecule has 0 aromatic carbocycles. The van der Waals surface area contributed by atoms with Crippen molar-refractivity contribution in [1.29, 1.82) is 0 Å². The smallest absolute Gasteiger partial charge is 0.137 e. The maximum Gasteiger partial charge on any atom is 0.137 e. The maximum absolute atomic E-state index is 6.29. The second-order valence-corrected chi connectivity index (χ2v) is 6.10. The van der Waals surface area contributed by atoms with Crippen molar-refractivity contribution in [2.45, 2.75) is 51.6 Å². The van der Waals surface area contributed by atoms with Crippen molar-refractivity contribution in [2.75, 3.05) is 24.6 Å². The van der Waals surface area contributed by atoms with E-state index in [1.807, 2.05) is 6.92 Å². The molecule has 1 aliphatic heterocycles. The molecule has 1 aromatic rings. The van der Waals surface area contributed by atoms with E-state index in [0.29, 0.717) is 17.2 Å². The fourth-order valence-electron chi connectivity index (χ4n) is 2.80. The van der Waals surface area contributed by atoms with Gasteiger partial charge >= 0.3 is 0 Å². The van der Waals surface area contributed by atoms with E-state index in [4.69, 9.17) is 21.3 Å². The SMILES string of the molecule is CCOC1CCN(c2nc(C3CC3)nc(Cl)c2C)CC1. The fraction of sp³-hybridized carbons (Fsp3) is 0.733. The number of rotatable bonds is 4. The molecule has 4 nitrogen and oxygen atoms in total. The third-order valence-corrected chi connectivity index (χ3v) is 4.53. The highest BCUT2D eigenvalue weighted by atomic mass is 35.5. The van der Waals surface area contributed by atoms with Gasteiger partial charge in [0.25, 0.3) is 0 Å². The Labute approximate surface area is 125 Å². The number of piperidine rings is 1. The van der Waals surface area contributed by atoms with Gasteiger partial charge in [-0.15, -0.1) is 0 Å². The highest BCUT2D eigenvalue weighted by Crippen LogP contribution is 2.40. The van der Waals surface area contributed by atoms with Crippen molar-refractivity contribution in [1.82, 2.24) is 9.97 Å². The molecule has 1 aliphatic carbocycles. The topological polar surface area (TPSA) is 38.2 Å². The van der Waals surface area contributed by atoms with Crippen LogP contribution in [0.5, 0.6) is 0 Å².